The monoisotopic (exact) mass is 292 g/mol. The molecule has 1 rings (SSSR count). The van der Waals surface area contributed by atoms with Crippen molar-refractivity contribution in [1.82, 2.24) is 0 Å². The molecule has 0 unspecified atom stereocenters. The standard InChI is InChI=1S/C9H10Br2O/c1-5(2)6-3-7(10)9(12)8(11)4-6/h3-5,12H,1-2H3. The zero-order chi connectivity index (χ0) is 9.30. The maximum Gasteiger partial charge on any atom is 0.143 e. The number of hydrogen-bond donors (Lipinski definition) is 1. The lowest BCUT2D eigenvalue weighted by atomic mass is 10.0. The Balaban J connectivity index is 3.21. The predicted octanol–water partition coefficient (Wildman–Crippen LogP) is 4.04. The zero-order valence-electron chi connectivity index (χ0n) is 6.94. The van der Waals surface area contributed by atoms with Crippen molar-refractivity contribution in [1.29, 1.82) is 0 Å². The van der Waals surface area contributed by atoms with E-state index in [0.717, 1.165) is 8.95 Å². The van der Waals surface area contributed by atoms with Crippen molar-refractivity contribution in [2.75, 3.05) is 0 Å². The quantitative estimate of drug-likeness (QED) is 0.828. The molecule has 0 radical (unpaired) electrons. The number of rotatable bonds is 1. The van der Waals surface area contributed by atoms with Gasteiger partial charge >= 0.3 is 0 Å². The van der Waals surface area contributed by atoms with E-state index in [9.17, 15) is 5.11 Å². The molecule has 0 aliphatic rings. The highest BCUT2D eigenvalue weighted by molar-refractivity contribution is 9.11. The highest BCUT2D eigenvalue weighted by Crippen LogP contribution is 2.35. The van der Waals surface area contributed by atoms with Crippen molar-refractivity contribution >= 4 is 31.9 Å². The lowest BCUT2D eigenvalue weighted by Gasteiger charge is -2.08. The highest BCUT2D eigenvalue weighted by Gasteiger charge is 2.07. The van der Waals surface area contributed by atoms with E-state index in [4.69, 9.17) is 0 Å². The van der Waals surface area contributed by atoms with Gasteiger partial charge in [0, 0.05) is 0 Å². The van der Waals surface area contributed by atoms with Crippen molar-refractivity contribution in [2.45, 2.75) is 19.8 Å². The van der Waals surface area contributed by atoms with E-state index < -0.39 is 0 Å². The average Bonchev–Trinajstić information content (AvgIpc) is 1.99. The van der Waals surface area contributed by atoms with Crippen molar-refractivity contribution in [2.24, 2.45) is 0 Å². The molecule has 1 N–H and O–H groups in total. The Kier molecular flexibility index (Phi) is 3.18. The molecule has 0 fully saturated rings. The SMILES string of the molecule is CC(C)c1cc(Br)c(O)c(Br)c1. The summed E-state index contributed by atoms with van der Waals surface area (Å²) in [7, 11) is 0. The van der Waals surface area contributed by atoms with Crippen LogP contribution in [0.25, 0.3) is 0 Å². The summed E-state index contributed by atoms with van der Waals surface area (Å²) >= 11 is 6.57. The second kappa shape index (κ2) is 3.79. The summed E-state index contributed by atoms with van der Waals surface area (Å²) in [6.07, 6.45) is 0. The van der Waals surface area contributed by atoms with Crippen molar-refractivity contribution in [3.8, 4) is 5.75 Å². The lowest BCUT2D eigenvalue weighted by molar-refractivity contribution is 0.468. The van der Waals surface area contributed by atoms with Crippen molar-refractivity contribution in [3.63, 3.8) is 0 Å². The highest BCUT2D eigenvalue weighted by atomic mass is 79.9. The fourth-order valence-electron chi connectivity index (χ4n) is 0.918. The Labute approximate surface area is 89.1 Å². The van der Waals surface area contributed by atoms with E-state index in [0.29, 0.717) is 5.92 Å². The van der Waals surface area contributed by atoms with Crippen LogP contribution in [0.15, 0.2) is 21.1 Å². The molecule has 0 heterocycles. The van der Waals surface area contributed by atoms with Gasteiger partial charge in [0.05, 0.1) is 8.95 Å². The molecule has 1 aromatic carbocycles. The Morgan fingerprint density at radius 2 is 1.58 bits per heavy atom. The number of hydrogen-bond acceptors (Lipinski definition) is 1. The van der Waals surface area contributed by atoms with Crippen LogP contribution in [0.4, 0.5) is 0 Å². The van der Waals surface area contributed by atoms with E-state index in [1.54, 1.807) is 0 Å². The first-order valence-electron chi connectivity index (χ1n) is 3.70. The van der Waals surface area contributed by atoms with Crippen LogP contribution >= 0.6 is 31.9 Å². The van der Waals surface area contributed by atoms with E-state index in [1.165, 1.54) is 5.56 Å². The Bertz CT molecular complexity index is 272. The number of phenols is 1. The molecular weight excluding hydrogens is 284 g/mol. The Morgan fingerprint density at radius 3 is 1.92 bits per heavy atom. The van der Waals surface area contributed by atoms with Gasteiger partial charge in [-0.1, -0.05) is 13.8 Å². The number of phenolic OH excluding ortho intramolecular Hbond substituents is 1. The van der Waals surface area contributed by atoms with E-state index in [2.05, 4.69) is 45.7 Å². The summed E-state index contributed by atoms with van der Waals surface area (Å²) in [6.45, 7) is 4.23. The molecule has 3 heteroatoms. The van der Waals surface area contributed by atoms with Crippen LogP contribution in [0, 0.1) is 0 Å². The number of benzene rings is 1. The molecule has 0 aromatic heterocycles. The third kappa shape index (κ3) is 2.02. The molecule has 66 valence electrons. The number of aromatic hydroxyl groups is 1. The van der Waals surface area contributed by atoms with Gasteiger partial charge in [-0.05, 0) is 55.5 Å². The Morgan fingerprint density at radius 1 is 1.17 bits per heavy atom. The van der Waals surface area contributed by atoms with Crippen LogP contribution in [0.3, 0.4) is 0 Å². The predicted molar refractivity (Wildman–Crippen MR) is 57.6 cm³/mol. The summed E-state index contributed by atoms with van der Waals surface area (Å²) in [5, 5.41) is 9.42. The van der Waals surface area contributed by atoms with Crippen molar-refractivity contribution in [3.05, 3.63) is 26.6 Å². The zero-order valence-corrected chi connectivity index (χ0v) is 10.1. The molecule has 0 aliphatic heterocycles. The average molecular weight is 294 g/mol. The van der Waals surface area contributed by atoms with Gasteiger partial charge in [0.15, 0.2) is 0 Å². The minimum atomic E-state index is 0.263. The summed E-state index contributed by atoms with van der Waals surface area (Å²) < 4.78 is 1.47. The molecular formula is C9H10Br2O. The fourth-order valence-corrected chi connectivity index (χ4v) is 2.14. The molecule has 0 saturated carbocycles. The van der Waals surface area contributed by atoms with Gasteiger partial charge in [-0.25, -0.2) is 0 Å². The van der Waals surface area contributed by atoms with Gasteiger partial charge in [0.2, 0.25) is 0 Å². The van der Waals surface area contributed by atoms with E-state index in [-0.39, 0.29) is 5.75 Å². The molecule has 12 heavy (non-hydrogen) atoms. The maximum absolute atomic E-state index is 9.42. The molecule has 0 atom stereocenters. The van der Waals surface area contributed by atoms with Gasteiger partial charge in [-0.2, -0.15) is 0 Å². The van der Waals surface area contributed by atoms with E-state index >= 15 is 0 Å². The van der Waals surface area contributed by atoms with Crippen molar-refractivity contribution < 1.29 is 5.11 Å². The van der Waals surface area contributed by atoms with Crippen LogP contribution in [0.5, 0.6) is 5.75 Å². The van der Waals surface area contributed by atoms with Crippen LogP contribution in [-0.4, -0.2) is 5.11 Å². The molecule has 0 aliphatic carbocycles. The van der Waals surface area contributed by atoms with Gasteiger partial charge < -0.3 is 5.11 Å². The van der Waals surface area contributed by atoms with Gasteiger partial charge in [0.25, 0.3) is 0 Å². The van der Waals surface area contributed by atoms with Gasteiger partial charge in [-0.3, -0.25) is 0 Å². The van der Waals surface area contributed by atoms with Crippen LogP contribution in [0.1, 0.15) is 25.3 Å². The summed E-state index contributed by atoms with van der Waals surface area (Å²) in [5.41, 5.74) is 1.20. The third-order valence-electron chi connectivity index (χ3n) is 1.71. The first-order valence-corrected chi connectivity index (χ1v) is 5.29. The normalized spacial score (nSPS) is 10.8. The molecule has 1 aromatic rings. The third-order valence-corrected chi connectivity index (χ3v) is 2.91. The van der Waals surface area contributed by atoms with E-state index in [1.807, 2.05) is 12.1 Å². The largest absolute Gasteiger partial charge is 0.506 e. The number of halogens is 2. The smallest absolute Gasteiger partial charge is 0.143 e. The summed E-state index contributed by atoms with van der Waals surface area (Å²) in [4.78, 5) is 0. The summed E-state index contributed by atoms with van der Waals surface area (Å²) in [5.74, 6) is 0.734. The maximum atomic E-state index is 9.42. The first kappa shape index (κ1) is 10.1. The van der Waals surface area contributed by atoms with Crippen LogP contribution in [-0.2, 0) is 0 Å². The fraction of sp³-hybridized carbons (Fsp3) is 0.333. The molecule has 0 spiro atoms. The topological polar surface area (TPSA) is 20.2 Å². The molecule has 1 nitrogen and oxygen atoms in total. The van der Waals surface area contributed by atoms with Gasteiger partial charge in [-0.15, -0.1) is 0 Å². The minimum absolute atomic E-state index is 0.263. The molecule has 0 amide bonds. The lowest BCUT2D eigenvalue weighted by Crippen LogP contribution is -1.87. The van der Waals surface area contributed by atoms with Crippen LogP contribution < -0.4 is 0 Å². The second-order valence-electron chi connectivity index (χ2n) is 2.99. The Hall–Kier alpha value is -0.0200. The molecule has 0 saturated heterocycles. The van der Waals surface area contributed by atoms with Gasteiger partial charge in [0.1, 0.15) is 5.75 Å². The first-order chi connectivity index (χ1) is 5.52. The molecule has 0 bridgehead atoms. The minimum Gasteiger partial charge on any atom is -0.506 e. The summed E-state index contributed by atoms with van der Waals surface area (Å²) in [6, 6.07) is 3.87. The van der Waals surface area contributed by atoms with Crippen LogP contribution in [0.2, 0.25) is 0 Å². The second-order valence-corrected chi connectivity index (χ2v) is 4.70.